The summed E-state index contributed by atoms with van der Waals surface area (Å²) in [6, 6.07) is 10.1. The summed E-state index contributed by atoms with van der Waals surface area (Å²) in [5.41, 5.74) is 2.56. The molecule has 0 radical (unpaired) electrons. The maximum atomic E-state index is 13.2. The van der Waals surface area contributed by atoms with Gasteiger partial charge in [0.25, 0.3) is 5.56 Å². The van der Waals surface area contributed by atoms with Crippen molar-refractivity contribution >= 4 is 16.9 Å². The SMILES string of the molecule is Cc1cn2c3c(=O)n(CCCc4ccccc4)c(=O)n(C)c3nc2n1CC(C)C. The van der Waals surface area contributed by atoms with Crippen molar-refractivity contribution < 1.29 is 0 Å². The minimum Gasteiger partial charge on any atom is -0.314 e. The number of rotatable bonds is 6. The van der Waals surface area contributed by atoms with Gasteiger partial charge in [-0.3, -0.25) is 18.3 Å². The Balaban J connectivity index is 1.79. The second-order valence-corrected chi connectivity index (χ2v) is 8.12. The van der Waals surface area contributed by atoms with Crippen LogP contribution >= 0.6 is 0 Å². The first-order chi connectivity index (χ1) is 13.9. The first-order valence-corrected chi connectivity index (χ1v) is 10.1. The fraction of sp³-hybridized carbons (Fsp3) is 0.409. The summed E-state index contributed by atoms with van der Waals surface area (Å²) in [5, 5.41) is 0. The van der Waals surface area contributed by atoms with Gasteiger partial charge in [-0.25, -0.2) is 4.79 Å². The number of imidazole rings is 2. The lowest BCUT2D eigenvalue weighted by atomic mass is 10.1. The highest BCUT2D eigenvalue weighted by Crippen LogP contribution is 2.17. The maximum absolute atomic E-state index is 13.2. The third kappa shape index (κ3) is 3.30. The molecule has 0 amide bonds. The van der Waals surface area contributed by atoms with Crippen LogP contribution < -0.4 is 11.2 Å². The van der Waals surface area contributed by atoms with Gasteiger partial charge in [0.05, 0.1) is 0 Å². The van der Waals surface area contributed by atoms with E-state index in [1.807, 2.05) is 35.7 Å². The van der Waals surface area contributed by atoms with Crippen LogP contribution in [0.25, 0.3) is 16.9 Å². The van der Waals surface area contributed by atoms with Crippen molar-refractivity contribution in [2.75, 3.05) is 0 Å². The van der Waals surface area contributed by atoms with E-state index in [1.165, 1.54) is 14.7 Å². The van der Waals surface area contributed by atoms with E-state index in [-0.39, 0.29) is 11.2 Å². The summed E-state index contributed by atoms with van der Waals surface area (Å²) in [6.07, 6.45) is 3.48. The van der Waals surface area contributed by atoms with Crippen molar-refractivity contribution in [3.05, 3.63) is 68.6 Å². The molecule has 3 heterocycles. The summed E-state index contributed by atoms with van der Waals surface area (Å²) in [7, 11) is 1.68. The van der Waals surface area contributed by atoms with Crippen LogP contribution in [0, 0.1) is 12.8 Å². The van der Waals surface area contributed by atoms with Crippen LogP contribution in [0.4, 0.5) is 0 Å². The van der Waals surface area contributed by atoms with Gasteiger partial charge in [0.15, 0.2) is 11.2 Å². The molecule has 0 saturated carbocycles. The smallest absolute Gasteiger partial charge is 0.314 e. The molecule has 7 nitrogen and oxygen atoms in total. The lowest BCUT2D eigenvalue weighted by Gasteiger charge is -2.08. The average Bonchev–Trinajstić information content (AvgIpc) is 3.20. The molecule has 0 saturated heterocycles. The third-order valence-corrected chi connectivity index (χ3v) is 5.38. The Bertz CT molecular complexity index is 1290. The first kappa shape index (κ1) is 19.2. The Kier molecular flexibility index (Phi) is 4.90. The summed E-state index contributed by atoms with van der Waals surface area (Å²) in [6.45, 7) is 7.51. The largest absolute Gasteiger partial charge is 0.332 e. The summed E-state index contributed by atoms with van der Waals surface area (Å²) >= 11 is 0. The number of aromatic nitrogens is 5. The molecule has 3 aromatic heterocycles. The number of hydrogen-bond donors (Lipinski definition) is 0. The van der Waals surface area contributed by atoms with Gasteiger partial charge < -0.3 is 4.57 Å². The Morgan fingerprint density at radius 3 is 2.48 bits per heavy atom. The molecule has 29 heavy (non-hydrogen) atoms. The quantitative estimate of drug-likeness (QED) is 0.506. The molecule has 0 spiro atoms. The molecule has 4 rings (SSSR count). The van der Waals surface area contributed by atoms with E-state index in [9.17, 15) is 9.59 Å². The Morgan fingerprint density at radius 2 is 1.79 bits per heavy atom. The van der Waals surface area contributed by atoms with Crippen molar-refractivity contribution in [2.45, 2.75) is 46.7 Å². The molecule has 0 N–H and O–H groups in total. The minimum absolute atomic E-state index is 0.273. The molecule has 0 bridgehead atoms. The molecule has 1 aromatic carbocycles. The van der Waals surface area contributed by atoms with Crippen LogP contribution in [0.2, 0.25) is 0 Å². The molecule has 0 unspecified atom stereocenters. The van der Waals surface area contributed by atoms with Crippen LogP contribution in [0.5, 0.6) is 0 Å². The second-order valence-electron chi connectivity index (χ2n) is 8.12. The molecule has 0 aliphatic rings. The Labute approximate surface area is 168 Å². The highest BCUT2D eigenvalue weighted by molar-refractivity contribution is 5.75. The minimum atomic E-state index is -0.316. The molecule has 152 valence electrons. The van der Waals surface area contributed by atoms with E-state index in [0.717, 1.165) is 25.1 Å². The average molecular weight is 393 g/mol. The van der Waals surface area contributed by atoms with E-state index in [1.54, 1.807) is 7.05 Å². The van der Waals surface area contributed by atoms with Crippen molar-refractivity contribution in [2.24, 2.45) is 13.0 Å². The van der Waals surface area contributed by atoms with Crippen molar-refractivity contribution in [1.29, 1.82) is 0 Å². The summed E-state index contributed by atoms with van der Waals surface area (Å²) in [5.74, 6) is 1.16. The van der Waals surface area contributed by atoms with E-state index >= 15 is 0 Å². The monoisotopic (exact) mass is 393 g/mol. The lowest BCUT2D eigenvalue weighted by molar-refractivity contribution is 0.524. The van der Waals surface area contributed by atoms with Gasteiger partial charge >= 0.3 is 5.69 Å². The van der Waals surface area contributed by atoms with Crippen molar-refractivity contribution in [1.82, 2.24) is 23.1 Å². The van der Waals surface area contributed by atoms with Crippen LogP contribution in [-0.4, -0.2) is 23.1 Å². The standard InChI is InChI=1S/C22H27N5O2/c1-15(2)13-26-16(3)14-27-18-19(23-21(26)27)24(4)22(29)25(20(18)28)12-8-11-17-9-6-5-7-10-17/h5-7,9-10,14-15H,8,11-13H2,1-4H3. The molecule has 7 heteroatoms. The number of hydrogen-bond acceptors (Lipinski definition) is 3. The molecule has 0 aliphatic heterocycles. The van der Waals surface area contributed by atoms with Crippen LogP contribution in [-0.2, 0) is 26.6 Å². The predicted octanol–water partition coefficient (Wildman–Crippen LogP) is 2.75. The summed E-state index contributed by atoms with van der Waals surface area (Å²) in [4.78, 5) is 30.7. The van der Waals surface area contributed by atoms with Crippen LogP contribution in [0.3, 0.4) is 0 Å². The zero-order valence-electron chi connectivity index (χ0n) is 17.4. The van der Waals surface area contributed by atoms with Crippen LogP contribution in [0.1, 0.15) is 31.5 Å². The maximum Gasteiger partial charge on any atom is 0.332 e. The van der Waals surface area contributed by atoms with Gasteiger partial charge in [-0.2, -0.15) is 4.98 Å². The highest BCUT2D eigenvalue weighted by atomic mass is 16.2. The van der Waals surface area contributed by atoms with Gasteiger partial charge in [-0.05, 0) is 31.2 Å². The highest BCUT2D eigenvalue weighted by Gasteiger charge is 2.20. The molecular weight excluding hydrogens is 366 g/mol. The topological polar surface area (TPSA) is 66.2 Å². The Morgan fingerprint density at radius 1 is 1.07 bits per heavy atom. The van der Waals surface area contributed by atoms with Gasteiger partial charge in [0.1, 0.15) is 0 Å². The molecule has 0 aliphatic carbocycles. The van der Waals surface area contributed by atoms with Crippen LogP contribution in [0.15, 0.2) is 46.1 Å². The number of benzene rings is 1. The first-order valence-electron chi connectivity index (χ1n) is 10.1. The Hall–Kier alpha value is -3.09. The number of nitrogens with zero attached hydrogens (tertiary/aromatic N) is 5. The second kappa shape index (κ2) is 7.39. The molecule has 0 fully saturated rings. The van der Waals surface area contributed by atoms with E-state index < -0.39 is 0 Å². The van der Waals surface area contributed by atoms with Gasteiger partial charge in [0, 0.05) is 32.0 Å². The fourth-order valence-corrected chi connectivity index (χ4v) is 3.93. The van der Waals surface area contributed by atoms with Gasteiger partial charge in [0.2, 0.25) is 5.78 Å². The molecule has 0 atom stereocenters. The third-order valence-electron chi connectivity index (χ3n) is 5.38. The van der Waals surface area contributed by atoms with Crippen molar-refractivity contribution in [3.8, 4) is 0 Å². The van der Waals surface area contributed by atoms with Gasteiger partial charge in [-0.15, -0.1) is 0 Å². The van der Waals surface area contributed by atoms with E-state index in [0.29, 0.717) is 29.4 Å². The summed E-state index contributed by atoms with van der Waals surface area (Å²) < 4.78 is 6.77. The normalized spacial score (nSPS) is 11.9. The zero-order valence-corrected chi connectivity index (χ0v) is 17.4. The van der Waals surface area contributed by atoms with Crippen molar-refractivity contribution in [3.63, 3.8) is 0 Å². The van der Waals surface area contributed by atoms with E-state index in [2.05, 4.69) is 35.5 Å². The predicted molar refractivity (Wildman–Crippen MR) is 115 cm³/mol. The number of fused-ring (bicyclic) bond motifs is 3. The van der Waals surface area contributed by atoms with E-state index in [4.69, 9.17) is 0 Å². The fourth-order valence-electron chi connectivity index (χ4n) is 3.93. The zero-order chi connectivity index (χ0) is 20.7. The van der Waals surface area contributed by atoms with Gasteiger partial charge in [-0.1, -0.05) is 44.2 Å². The molecule has 4 aromatic rings. The number of aryl methyl sites for hydroxylation is 3. The molecular formula is C22H27N5O2. The lowest BCUT2D eigenvalue weighted by Crippen LogP contribution is -2.39.